The van der Waals surface area contributed by atoms with Gasteiger partial charge in [0.2, 0.25) is 0 Å². The lowest BCUT2D eigenvalue weighted by Crippen LogP contribution is -2.42. The van der Waals surface area contributed by atoms with Crippen LogP contribution >= 0.6 is 0 Å². The average molecular weight is 475 g/mol. The van der Waals surface area contributed by atoms with E-state index < -0.39 is 15.6 Å². The van der Waals surface area contributed by atoms with Crippen molar-refractivity contribution >= 4 is 15.6 Å². The minimum absolute atomic E-state index is 0.0625. The van der Waals surface area contributed by atoms with Crippen LogP contribution in [0.5, 0.6) is 11.5 Å². The van der Waals surface area contributed by atoms with Gasteiger partial charge in [0, 0.05) is 37.1 Å². The number of benzene rings is 1. The van der Waals surface area contributed by atoms with Crippen molar-refractivity contribution in [2.45, 2.75) is 58.2 Å². The number of methoxy groups -OCH3 is 1. The molecule has 33 heavy (non-hydrogen) atoms. The lowest BCUT2D eigenvalue weighted by atomic mass is 9.98. The Kier molecular flexibility index (Phi) is 9.93. The molecular weight excluding hydrogens is 437 g/mol. The maximum absolute atomic E-state index is 9.25. The summed E-state index contributed by atoms with van der Waals surface area (Å²) >= 11 is 0. The first kappa shape index (κ1) is 27.3. The van der Waals surface area contributed by atoms with Gasteiger partial charge in [-0.1, -0.05) is 33.8 Å². The Morgan fingerprint density at radius 2 is 1.76 bits per heavy atom. The standard InChI is InChI=1S/C24H38BNO6Si/c1-8-11-30-23-13-18(9-10-22(23)29-5)19-12-20(15-26-14-19)21(16-31-25(27)28)17-32-33(6,7)24(2,3)4/h9-10,12-15,21,27-28H,8,11,16-17H2,1-7H3/t21-/m1/s1. The van der Waals surface area contributed by atoms with Crippen LogP contribution < -0.4 is 9.47 Å². The third kappa shape index (κ3) is 7.82. The van der Waals surface area contributed by atoms with E-state index in [0.717, 1.165) is 23.1 Å². The molecule has 0 saturated heterocycles. The third-order valence-corrected chi connectivity index (χ3v) is 10.6. The molecule has 182 valence electrons. The van der Waals surface area contributed by atoms with Crippen molar-refractivity contribution in [2.24, 2.45) is 0 Å². The van der Waals surface area contributed by atoms with Crippen molar-refractivity contribution in [3.8, 4) is 22.6 Å². The SMILES string of the molecule is CCCOc1cc(-c2cncc([C@H](COB(O)O)CO[Si](C)(C)C(C)(C)C)c2)ccc1OC. The molecule has 2 aromatic rings. The molecule has 0 spiro atoms. The molecule has 2 rings (SSSR count). The second-order valence-electron chi connectivity index (χ2n) is 9.65. The lowest BCUT2D eigenvalue weighted by molar-refractivity contribution is 0.149. The van der Waals surface area contributed by atoms with Crippen LogP contribution in [0.15, 0.2) is 36.7 Å². The molecule has 0 aliphatic rings. The molecule has 0 fully saturated rings. The minimum atomic E-state index is -2.00. The summed E-state index contributed by atoms with van der Waals surface area (Å²) in [5.41, 5.74) is 2.76. The topological polar surface area (TPSA) is 90.3 Å². The Labute approximate surface area is 199 Å². The first-order chi connectivity index (χ1) is 15.5. The van der Waals surface area contributed by atoms with E-state index in [0.29, 0.717) is 24.7 Å². The number of hydrogen-bond acceptors (Lipinski definition) is 7. The van der Waals surface area contributed by atoms with Crippen LogP contribution in [0, 0.1) is 0 Å². The summed E-state index contributed by atoms with van der Waals surface area (Å²) in [5, 5.41) is 18.6. The van der Waals surface area contributed by atoms with Crippen LogP contribution in [0.4, 0.5) is 0 Å². The first-order valence-electron chi connectivity index (χ1n) is 11.4. The quantitative estimate of drug-likeness (QED) is 0.433. The molecule has 0 aliphatic carbocycles. The molecule has 1 heterocycles. The van der Waals surface area contributed by atoms with E-state index in [2.05, 4.69) is 45.8 Å². The molecule has 0 radical (unpaired) electrons. The summed E-state index contributed by atoms with van der Waals surface area (Å²) < 4.78 is 22.8. The fraction of sp³-hybridized carbons (Fsp3) is 0.542. The summed E-state index contributed by atoms with van der Waals surface area (Å²) in [6.45, 7) is 14.1. The zero-order valence-corrected chi connectivity index (χ0v) is 21.9. The Morgan fingerprint density at radius 1 is 1.03 bits per heavy atom. The molecule has 1 aromatic carbocycles. The van der Waals surface area contributed by atoms with Gasteiger partial charge in [-0.2, -0.15) is 0 Å². The second-order valence-corrected chi connectivity index (χ2v) is 14.5. The summed E-state index contributed by atoms with van der Waals surface area (Å²) in [7, 11) is -2.21. The molecule has 1 atom stereocenters. The lowest BCUT2D eigenvalue weighted by Gasteiger charge is -2.37. The van der Waals surface area contributed by atoms with Gasteiger partial charge in [0.05, 0.1) is 13.7 Å². The monoisotopic (exact) mass is 475 g/mol. The van der Waals surface area contributed by atoms with Crippen molar-refractivity contribution in [1.82, 2.24) is 4.98 Å². The fourth-order valence-corrected chi connectivity index (χ4v) is 4.04. The number of pyridine rings is 1. The van der Waals surface area contributed by atoms with E-state index in [1.165, 1.54) is 0 Å². The fourth-order valence-electron chi connectivity index (χ4n) is 2.99. The molecule has 2 N–H and O–H groups in total. The number of aromatic nitrogens is 1. The highest BCUT2D eigenvalue weighted by Gasteiger charge is 2.37. The highest BCUT2D eigenvalue weighted by Crippen LogP contribution is 2.38. The largest absolute Gasteiger partial charge is 0.633 e. The Morgan fingerprint density at radius 3 is 2.36 bits per heavy atom. The van der Waals surface area contributed by atoms with Crippen LogP contribution in [-0.2, 0) is 9.08 Å². The smallest absolute Gasteiger partial charge is 0.493 e. The molecule has 0 aliphatic heterocycles. The van der Waals surface area contributed by atoms with E-state index in [1.807, 2.05) is 24.3 Å². The van der Waals surface area contributed by atoms with Gasteiger partial charge in [0.15, 0.2) is 19.8 Å². The molecule has 1 aromatic heterocycles. The van der Waals surface area contributed by atoms with Gasteiger partial charge in [0.1, 0.15) is 0 Å². The Balaban J connectivity index is 2.33. The predicted molar refractivity (Wildman–Crippen MR) is 134 cm³/mol. The zero-order chi connectivity index (χ0) is 24.6. The third-order valence-electron chi connectivity index (χ3n) is 6.09. The van der Waals surface area contributed by atoms with E-state index in [9.17, 15) is 10.0 Å². The van der Waals surface area contributed by atoms with E-state index in [-0.39, 0.29) is 17.6 Å². The van der Waals surface area contributed by atoms with Crippen LogP contribution in [0.1, 0.15) is 45.6 Å². The Hall–Kier alpha value is -1.91. The first-order valence-corrected chi connectivity index (χ1v) is 14.3. The summed E-state index contributed by atoms with van der Waals surface area (Å²) in [6.07, 6.45) is 4.47. The van der Waals surface area contributed by atoms with Gasteiger partial charge in [-0.25, -0.2) is 0 Å². The number of rotatable bonds is 12. The highest BCUT2D eigenvalue weighted by atomic mass is 28.4. The van der Waals surface area contributed by atoms with Crippen LogP contribution in [0.2, 0.25) is 18.1 Å². The van der Waals surface area contributed by atoms with E-state index in [1.54, 1.807) is 19.5 Å². The minimum Gasteiger partial charge on any atom is -0.493 e. The second kappa shape index (κ2) is 12.0. The molecule has 0 bridgehead atoms. The van der Waals surface area contributed by atoms with Crippen LogP contribution in [0.3, 0.4) is 0 Å². The van der Waals surface area contributed by atoms with Gasteiger partial charge in [-0.05, 0) is 53.9 Å². The number of hydrogen-bond donors (Lipinski definition) is 2. The predicted octanol–water partition coefficient (Wildman–Crippen LogP) is 4.64. The van der Waals surface area contributed by atoms with Crippen LogP contribution in [-0.4, -0.2) is 57.6 Å². The van der Waals surface area contributed by atoms with Crippen molar-refractivity contribution in [2.75, 3.05) is 26.9 Å². The van der Waals surface area contributed by atoms with Crippen LogP contribution in [0.25, 0.3) is 11.1 Å². The van der Waals surface area contributed by atoms with Gasteiger partial charge in [-0.15, -0.1) is 0 Å². The molecular formula is C24H38BNO6Si. The molecule has 0 unspecified atom stereocenters. The van der Waals surface area contributed by atoms with Gasteiger partial charge in [0.25, 0.3) is 0 Å². The zero-order valence-electron chi connectivity index (χ0n) is 20.9. The number of nitrogens with zero attached hydrogens (tertiary/aromatic N) is 1. The molecule has 0 amide bonds. The summed E-state index contributed by atoms with van der Waals surface area (Å²) in [4.78, 5) is 4.44. The molecule has 7 nitrogen and oxygen atoms in total. The van der Waals surface area contributed by atoms with Gasteiger partial charge < -0.3 is 28.6 Å². The maximum Gasteiger partial charge on any atom is 0.633 e. The van der Waals surface area contributed by atoms with Crippen molar-refractivity contribution in [1.29, 1.82) is 0 Å². The maximum atomic E-state index is 9.25. The van der Waals surface area contributed by atoms with E-state index in [4.69, 9.17) is 18.6 Å². The van der Waals surface area contributed by atoms with Crippen molar-refractivity contribution in [3.05, 3.63) is 42.2 Å². The average Bonchev–Trinajstić information content (AvgIpc) is 2.76. The van der Waals surface area contributed by atoms with Gasteiger partial charge >= 0.3 is 7.32 Å². The molecule has 0 saturated carbocycles. The number of ether oxygens (including phenoxy) is 2. The summed E-state index contributed by atoms with van der Waals surface area (Å²) in [6, 6.07) is 7.83. The molecule has 9 heteroatoms. The van der Waals surface area contributed by atoms with Crippen molar-refractivity contribution in [3.63, 3.8) is 0 Å². The highest BCUT2D eigenvalue weighted by molar-refractivity contribution is 6.74. The van der Waals surface area contributed by atoms with Crippen molar-refractivity contribution < 1.29 is 28.6 Å². The summed E-state index contributed by atoms with van der Waals surface area (Å²) in [5.74, 6) is 1.16. The van der Waals surface area contributed by atoms with Gasteiger partial charge in [-0.3, -0.25) is 4.98 Å². The van der Waals surface area contributed by atoms with E-state index >= 15 is 0 Å². The normalized spacial score (nSPS) is 13.0. The Bertz CT molecular complexity index is 887.